The molecule has 380 valence electrons. The van der Waals surface area contributed by atoms with E-state index in [1.807, 2.05) is 78.8 Å². The normalized spacial score (nSPS) is 29.3. The second kappa shape index (κ2) is 24.8. The predicted molar refractivity (Wildman–Crippen MR) is 257 cm³/mol. The van der Waals surface area contributed by atoms with Crippen molar-refractivity contribution in [3.63, 3.8) is 0 Å². The molecule has 16 atom stereocenters. The highest BCUT2D eigenvalue weighted by molar-refractivity contribution is 6.74. The van der Waals surface area contributed by atoms with Gasteiger partial charge in [0, 0.05) is 25.4 Å². The molecule has 0 radical (unpaired) electrons. The molecule has 67 heavy (non-hydrogen) atoms. The molecule has 0 spiro atoms. The molecule has 4 heterocycles. The number of hydrogen-bond donors (Lipinski definition) is 0. The van der Waals surface area contributed by atoms with Crippen LogP contribution in [0.15, 0.2) is 30.3 Å². The number of carbonyl (C=O) groups excluding carboxylic acids is 4. The van der Waals surface area contributed by atoms with Gasteiger partial charge in [0.1, 0.15) is 24.9 Å². The minimum absolute atomic E-state index is 0.0737. The van der Waals surface area contributed by atoms with Gasteiger partial charge >= 0.3 is 23.9 Å². The van der Waals surface area contributed by atoms with Gasteiger partial charge in [0.2, 0.25) is 0 Å². The van der Waals surface area contributed by atoms with E-state index in [1.165, 1.54) is 0 Å². The lowest BCUT2D eigenvalue weighted by molar-refractivity contribution is -0.161. The maximum Gasteiger partial charge on any atom is 0.311 e. The molecular weight excluding hydrogens is 873 g/mol. The highest BCUT2D eigenvalue weighted by Crippen LogP contribution is 2.39. The zero-order valence-corrected chi connectivity index (χ0v) is 44.1. The first-order valence-electron chi connectivity index (χ1n) is 25.6. The van der Waals surface area contributed by atoms with Crippen molar-refractivity contribution in [2.45, 2.75) is 251 Å². The van der Waals surface area contributed by atoms with Crippen LogP contribution < -0.4 is 0 Å². The lowest BCUT2D eigenvalue weighted by atomic mass is 10.0. The van der Waals surface area contributed by atoms with E-state index in [9.17, 15) is 19.2 Å². The maximum absolute atomic E-state index is 13.3. The first kappa shape index (κ1) is 55.0. The Bertz CT molecular complexity index is 1730. The summed E-state index contributed by atoms with van der Waals surface area (Å²) in [7, 11) is -1.87. The molecule has 13 nitrogen and oxygen atoms in total. The van der Waals surface area contributed by atoms with Crippen LogP contribution in [0.3, 0.4) is 0 Å². The van der Waals surface area contributed by atoms with Gasteiger partial charge in [0.25, 0.3) is 0 Å². The predicted octanol–water partition coefficient (Wildman–Crippen LogP) is 10.2. The van der Waals surface area contributed by atoms with Crippen molar-refractivity contribution in [3.8, 4) is 0 Å². The Hall–Kier alpha value is -2.88. The lowest BCUT2D eigenvalue weighted by Crippen LogP contribution is -2.44. The van der Waals surface area contributed by atoms with Crippen LogP contribution in [0.4, 0.5) is 0 Å². The van der Waals surface area contributed by atoms with E-state index in [2.05, 4.69) is 40.8 Å². The third-order valence-electron chi connectivity index (χ3n) is 15.1. The highest BCUT2D eigenvalue weighted by Gasteiger charge is 2.42. The summed E-state index contributed by atoms with van der Waals surface area (Å²) < 4.78 is 55.0. The molecule has 0 unspecified atom stereocenters. The summed E-state index contributed by atoms with van der Waals surface area (Å²) in [4.78, 5) is 52.4. The van der Waals surface area contributed by atoms with E-state index in [0.29, 0.717) is 25.7 Å². The number of hydrogen-bond acceptors (Lipinski definition) is 13. The van der Waals surface area contributed by atoms with Crippen molar-refractivity contribution in [2.75, 3.05) is 0 Å². The summed E-state index contributed by atoms with van der Waals surface area (Å²) in [6.07, 6.45) is 6.44. The van der Waals surface area contributed by atoms with Gasteiger partial charge in [-0.3, -0.25) is 19.2 Å². The average molecular weight is 959 g/mol. The van der Waals surface area contributed by atoms with Crippen LogP contribution in [0.1, 0.15) is 159 Å². The number of carbonyl (C=O) groups is 4. The number of benzene rings is 1. The fourth-order valence-electron chi connectivity index (χ4n) is 9.84. The summed E-state index contributed by atoms with van der Waals surface area (Å²) in [5.41, 5.74) is 0.940. The molecule has 4 aliphatic heterocycles. The zero-order chi connectivity index (χ0) is 49.2. The summed E-state index contributed by atoms with van der Waals surface area (Å²) >= 11 is 0. The molecule has 14 heteroatoms. The van der Waals surface area contributed by atoms with Crippen molar-refractivity contribution in [1.82, 2.24) is 0 Å². The van der Waals surface area contributed by atoms with E-state index in [-0.39, 0.29) is 115 Å². The Morgan fingerprint density at radius 1 is 0.507 bits per heavy atom. The minimum Gasteiger partial charge on any atom is -0.462 e. The van der Waals surface area contributed by atoms with Crippen LogP contribution >= 0.6 is 0 Å². The second-order valence-corrected chi connectivity index (χ2v) is 26.9. The topological polar surface area (TPSA) is 151 Å². The molecule has 1 aromatic rings. The second-order valence-electron chi connectivity index (χ2n) is 22.1. The maximum atomic E-state index is 13.3. The molecule has 5 rings (SSSR count). The van der Waals surface area contributed by atoms with Crippen molar-refractivity contribution in [3.05, 3.63) is 35.9 Å². The largest absolute Gasteiger partial charge is 0.462 e. The fraction of sp³-hybridized carbons (Fsp3) is 0.811. The van der Waals surface area contributed by atoms with Gasteiger partial charge in [-0.15, -0.1) is 0 Å². The monoisotopic (exact) mass is 959 g/mol. The first-order valence-corrected chi connectivity index (χ1v) is 28.5. The molecule has 4 saturated heterocycles. The van der Waals surface area contributed by atoms with Crippen molar-refractivity contribution >= 4 is 32.2 Å². The summed E-state index contributed by atoms with van der Waals surface area (Å²) in [6.45, 7) is 26.7. The molecular formula is C53H86O13Si. The van der Waals surface area contributed by atoms with Gasteiger partial charge in [-0.25, -0.2) is 0 Å². The molecule has 4 fully saturated rings. The van der Waals surface area contributed by atoms with Crippen molar-refractivity contribution < 1.29 is 61.5 Å². The Labute approximate surface area is 403 Å². The van der Waals surface area contributed by atoms with Gasteiger partial charge < -0.3 is 42.3 Å². The van der Waals surface area contributed by atoms with Crippen LogP contribution in [-0.4, -0.2) is 105 Å². The summed E-state index contributed by atoms with van der Waals surface area (Å²) in [5, 5.41) is 0.146. The molecule has 0 saturated carbocycles. The SMILES string of the molecule is C[C@H](C[C@H]1CC[C@@H]([C@H](C)C(=O)OCc2ccccc2)O1)OC(=O)[C@H](C)[C@H]1CC[C@@H](C[C@H](C)OC(=O)[C@@H](C)[C@@H]2CC[C@H](C[C@@H](C)OC(=O)[C@H](C)[C@H]3CC[C@@H](C[C@H](C)O[Si](C)(C)C(C)(C)C)O3)O2)O1. The molecule has 0 amide bonds. The van der Waals surface area contributed by atoms with Gasteiger partial charge in [0.05, 0.1) is 72.5 Å². The van der Waals surface area contributed by atoms with E-state index in [4.69, 9.17) is 42.3 Å². The smallest absolute Gasteiger partial charge is 0.311 e. The third kappa shape index (κ3) is 16.3. The standard InChI is InChI=1S/C53H86O13Si/c1-32(27-41-19-23-45(62-41)36(5)49(54)58-31-40-17-15-14-16-18-40)59-50(55)37(6)46-24-20-42(63-46)28-33(2)60-51(56)38(7)47-25-21-43(64-47)29-34(3)61-52(57)39(8)48-26-22-44(65-48)30-35(4)66-67(12,13)53(9,10)11/h14-18,32-39,41-48H,19-31H2,1-13H3/t32-,33+,34-,35+,36+,37-,38+,39-,41-,42+,43-,44+,45+,46-,47+,48-/m1/s1. The number of ether oxygens (including phenoxy) is 8. The lowest BCUT2D eigenvalue weighted by Gasteiger charge is -2.39. The van der Waals surface area contributed by atoms with Gasteiger partial charge in [-0.05, 0) is 137 Å². The van der Waals surface area contributed by atoms with E-state index in [0.717, 1.165) is 56.9 Å². The van der Waals surface area contributed by atoms with Crippen molar-refractivity contribution in [2.24, 2.45) is 23.7 Å². The van der Waals surface area contributed by atoms with Gasteiger partial charge in [-0.2, -0.15) is 0 Å². The van der Waals surface area contributed by atoms with Gasteiger partial charge in [-0.1, -0.05) is 51.1 Å². The average Bonchev–Trinajstić information content (AvgIpc) is 4.10. The van der Waals surface area contributed by atoms with Crippen molar-refractivity contribution in [1.29, 1.82) is 0 Å². The Balaban J connectivity index is 0.936. The Morgan fingerprint density at radius 2 is 0.821 bits per heavy atom. The summed E-state index contributed by atoms with van der Waals surface area (Å²) in [5.74, 6) is -2.81. The quantitative estimate of drug-likeness (QED) is 0.0582. The van der Waals surface area contributed by atoms with E-state index in [1.54, 1.807) is 0 Å². The zero-order valence-electron chi connectivity index (χ0n) is 43.1. The minimum atomic E-state index is -1.87. The highest BCUT2D eigenvalue weighted by atomic mass is 28.4. The van der Waals surface area contributed by atoms with Crippen LogP contribution in [0.5, 0.6) is 0 Å². The Kier molecular flexibility index (Phi) is 20.4. The van der Waals surface area contributed by atoms with Crippen LogP contribution in [0, 0.1) is 23.7 Å². The van der Waals surface area contributed by atoms with Crippen LogP contribution in [0.25, 0.3) is 0 Å². The van der Waals surface area contributed by atoms with E-state index >= 15 is 0 Å². The molecule has 0 N–H and O–H groups in total. The Morgan fingerprint density at radius 3 is 1.15 bits per heavy atom. The van der Waals surface area contributed by atoms with E-state index < -0.39 is 26.1 Å². The number of esters is 4. The molecule has 0 aromatic heterocycles. The van der Waals surface area contributed by atoms with Gasteiger partial charge in [0.15, 0.2) is 8.32 Å². The molecule has 1 aromatic carbocycles. The number of rotatable bonds is 23. The molecule has 0 bridgehead atoms. The third-order valence-corrected chi connectivity index (χ3v) is 19.7. The molecule has 0 aliphatic carbocycles. The van der Waals surface area contributed by atoms with Crippen LogP contribution in [0.2, 0.25) is 18.1 Å². The van der Waals surface area contributed by atoms with Crippen LogP contribution in [-0.2, 0) is 68.1 Å². The first-order chi connectivity index (χ1) is 31.5. The molecule has 4 aliphatic rings. The fourth-order valence-corrected chi connectivity index (χ4v) is 11.3. The summed E-state index contributed by atoms with van der Waals surface area (Å²) in [6, 6.07) is 9.60.